The van der Waals surface area contributed by atoms with Crippen molar-refractivity contribution in [1.29, 1.82) is 0 Å². The summed E-state index contributed by atoms with van der Waals surface area (Å²) < 4.78 is 0.863. The Morgan fingerprint density at radius 2 is 2.40 bits per heavy atom. The number of hydrogen-bond donors (Lipinski definition) is 0. The summed E-state index contributed by atoms with van der Waals surface area (Å²) in [6, 6.07) is 3.88. The van der Waals surface area contributed by atoms with Gasteiger partial charge in [-0.2, -0.15) is 0 Å². The Hall–Kier alpha value is -0.630. The quantitative estimate of drug-likeness (QED) is 0.632. The van der Waals surface area contributed by atoms with Gasteiger partial charge in [-0.05, 0) is 34.5 Å². The molecular weight excluding hydrogens is 190 g/mol. The highest BCUT2D eigenvalue weighted by atomic mass is 79.9. The fourth-order valence-electron chi connectivity index (χ4n) is 0.704. The Balaban J connectivity index is 3.15. The number of aromatic nitrogens is 1. The van der Waals surface area contributed by atoms with E-state index in [-0.39, 0.29) is 0 Å². The summed E-state index contributed by atoms with van der Waals surface area (Å²) in [7, 11) is 0. The summed E-state index contributed by atoms with van der Waals surface area (Å²) in [5.41, 5.74) is 2.10. The van der Waals surface area contributed by atoms with Gasteiger partial charge in [0.25, 0.3) is 0 Å². The molecule has 1 rings (SSSR count). The minimum Gasteiger partial charge on any atom is -0.249 e. The molecule has 52 valence electrons. The first-order valence-electron chi connectivity index (χ1n) is 2.98. The van der Waals surface area contributed by atoms with Crippen molar-refractivity contribution < 1.29 is 0 Å². The molecule has 0 spiro atoms. The van der Waals surface area contributed by atoms with Gasteiger partial charge in [-0.1, -0.05) is 12.6 Å². The van der Waals surface area contributed by atoms with Crippen LogP contribution in [-0.4, -0.2) is 4.98 Å². The molecule has 0 N–H and O–H groups in total. The Morgan fingerprint density at radius 3 is 2.80 bits per heavy atom. The van der Waals surface area contributed by atoms with Crippen LogP contribution in [-0.2, 0) is 0 Å². The number of halogens is 1. The van der Waals surface area contributed by atoms with Crippen molar-refractivity contribution in [3.63, 3.8) is 0 Å². The summed E-state index contributed by atoms with van der Waals surface area (Å²) in [4.78, 5) is 4.06. The number of rotatable bonds is 1. The van der Waals surface area contributed by atoms with E-state index in [0.717, 1.165) is 15.7 Å². The van der Waals surface area contributed by atoms with E-state index in [2.05, 4.69) is 27.5 Å². The molecule has 0 bridgehead atoms. The van der Waals surface area contributed by atoms with Crippen LogP contribution in [0.15, 0.2) is 29.5 Å². The zero-order chi connectivity index (χ0) is 7.56. The molecule has 0 amide bonds. The highest BCUT2D eigenvalue weighted by molar-refractivity contribution is 9.10. The second kappa shape index (κ2) is 2.97. The van der Waals surface area contributed by atoms with Gasteiger partial charge in [0.05, 0.1) is 0 Å². The normalized spacial score (nSPS) is 9.40. The zero-order valence-corrected chi connectivity index (χ0v) is 7.35. The lowest BCUT2D eigenvalue weighted by Gasteiger charge is -1.99. The third-order valence-corrected chi connectivity index (χ3v) is 1.85. The van der Waals surface area contributed by atoms with Crippen LogP contribution in [0, 0.1) is 0 Å². The highest BCUT2D eigenvalue weighted by Gasteiger charge is 1.97. The monoisotopic (exact) mass is 197 g/mol. The van der Waals surface area contributed by atoms with E-state index in [1.54, 1.807) is 6.20 Å². The van der Waals surface area contributed by atoms with Crippen LogP contribution in [0.5, 0.6) is 0 Å². The number of pyridine rings is 1. The molecule has 1 aromatic heterocycles. The van der Waals surface area contributed by atoms with Crippen molar-refractivity contribution in [3.05, 3.63) is 35.1 Å². The summed E-state index contributed by atoms with van der Waals surface area (Å²) in [6.45, 7) is 5.78. The van der Waals surface area contributed by atoms with Gasteiger partial charge in [0.2, 0.25) is 0 Å². The van der Waals surface area contributed by atoms with Gasteiger partial charge in [0.15, 0.2) is 0 Å². The van der Waals surface area contributed by atoms with Crippen LogP contribution in [0.3, 0.4) is 0 Å². The van der Waals surface area contributed by atoms with E-state index in [1.165, 1.54) is 0 Å². The molecule has 0 saturated heterocycles. The molecule has 0 atom stereocenters. The largest absolute Gasteiger partial charge is 0.249 e. The molecule has 1 heterocycles. The van der Waals surface area contributed by atoms with Crippen LogP contribution in [0.25, 0.3) is 5.57 Å². The molecule has 0 aliphatic carbocycles. The Morgan fingerprint density at radius 1 is 1.70 bits per heavy atom. The van der Waals surface area contributed by atoms with Crippen molar-refractivity contribution in [3.8, 4) is 0 Å². The maximum Gasteiger partial charge on any atom is 0.113 e. The van der Waals surface area contributed by atoms with Crippen molar-refractivity contribution in [2.75, 3.05) is 0 Å². The smallest absolute Gasteiger partial charge is 0.113 e. The molecule has 0 radical (unpaired) electrons. The standard InChI is InChI=1S/C8H8BrN/c1-6(2)7-4-3-5-10-8(7)9/h3-5H,1H2,2H3. The first kappa shape index (κ1) is 7.48. The van der Waals surface area contributed by atoms with Gasteiger partial charge in [0, 0.05) is 11.8 Å². The second-order valence-electron chi connectivity index (χ2n) is 2.12. The minimum atomic E-state index is 0.863. The molecule has 0 aliphatic heterocycles. The van der Waals surface area contributed by atoms with Crippen LogP contribution >= 0.6 is 15.9 Å². The number of hydrogen-bond acceptors (Lipinski definition) is 1. The van der Waals surface area contributed by atoms with E-state index < -0.39 is 0 Å². The Kier molecular flexibility index (Phi) is 2.22. The SMILES string of the molecule is C=C(C)c1cccnc1Br. The predicted octanol–water partition coefficient (Wildman–Crippen LogP) is 2.88. The lowest BCUT2D eigenvalue weighted by atomic mass is 10.2. The van der Waals surface area contributed by atoms with Crippen molar-refractivity contribution in [1.82, 2.24) is 4.98 Å². The van der Waals surface area contributed by atoms with Crippen LogP contribution < -0.4 is 0 Å². The molecule has 1 aromatic rings. The maximum atomic E-state index is 4.06. The van der Waals surface area contributed by atoms with E-state index >= 15 is 0 Å². The van der Waals surface area contributed by atoms with Gasteiger partial charge < -0.3 is 0 Å². The maximum absolute atomic E-state index is 4.06. The molecule has 0 saturated carbocycles. The topological polar surface area (TPSA) is 12.9 Å². The number of nitrogens with zero attached hydrogens (tertiary/aromatic N) is 1. The zero-order valence-electron chi connectivity index (χ0n) is 5.76. The molecule has 0 aliphatic rings. The average Bonchev–Trinajstić information content (AvgIpc) is 1.88. The van der Waals surface area contributed by atoms with Gasteiger partial charge >= 0.3 is 0 Å². The average molecular weight is 198 g/mol. The van der Waals surface area contributed by atoms with Crippen molar-refractivity contribution in [2.45, 2.75) is 6.92 Å². The fraction of sp³-hybridized carbons (Fsp3) is 0.125. The third-order valence-electron chi connectivity index (χ3n) is 1.22. The third kappa shape index (κ3) is 1.45. The summed E-state index contributed by atoms with van der Waals surface area (Å²) in [6.07, 6.45) is 1.75. The van der Waals surface area contributed by atoms with Gasteiger partial charge in [-0.3, -0.25) is 0 Å². The van der Waals surface area contributed by atoms with Gasteiger partial charge in [-0.25, -0.2) is 4.98 Å². The van der Waals surface area contributed by atoms with Crippen LogP contribution in [0.4, 0.5) is 0 Å². The highest BCUT2D eigenvalue weighted by Crippen LogP contribution is 2.19. The minimum absolute atomic E-state index is 0.863. The Labute approximate surface area is 68.9 Å². The molecule has 2 heteroatoms. The first-order valence-corrected chi connectivity index (χ1v) is 3.77. The summed E-state index contributed by atoms with van der Waals surface area (Å²) in [5, 5.41) is 0. The van der Waals surface area contributed by atoms with Crippen molar-refractivity contribution in [2.24, 2.45) is 0 Å². The lowest BCUT2D eigenvalue weighted by Crippen LogP contribution is -1.82. The number of allylic oxidation sites excluding steroid dienone is 1. The van der Waals surface area contributed by atoms with Crippen LogP contribution in [0.1, 0.15) is 12.5 Å². The lowest BCUT2D eigenvalue weighted by molar-refractivity contribution is 1.25. The predicted molar refractivity (Wildman–Crippen MR) is 46.6 cm³/mol. The summed E-state index contributed by atoms with van der Waals surface area (Å²) >= 11 is 3.32. The molecular formula is C8H8BrN. The van der Waals surface area contributed by atoms with Gasteiger partial charge in [0.1, 0.15) is 4.60 Å². The Bertz CT molecular complexity index is 255. The molecule has 0 aromatic carbocycles. The first-order chi connectivity index (χ1) is 4.72. The second-order valence-corrected chi connectivity index (χ2v) is 2.87. The van der Waals surface area contributed by atoms with E-state index in [4.69, 9.17) is 0 Å². The van der Waals surface area contributed by atoms with Gasteiger partial charge in [-0.15, -0.1) is 0 Å². The summed E-state index contributed by atoms with van der Waals surface area (Å²) in [5.74, 6) is 0. The van der Waals surface area contributed by atoms with E-state index in [9.17, 15) is 0 Å². The fourth-order valence-corrected chi connectivity index (χ4v) is 1.29. The molecule has 0 fully saturated rings. The van der Waals surface area contributed by atoms with Crippen molar-refractivity contribution >= 4 is 21.5 Å². The van der Waals surface area contributed by atoms with E-state index in [0.29, 0.717) is 0 Å². The molecule has 0 unspecified atom stereocenters. The molecule has 10 heavy (non-hydrogen) atoms. The van der Waals surface area contributed by atoms with E-state index in [1.807, 2.05) is 19.1 Å². The molecule has 1 nitrogen and oxygen atoms in total. The van der Waals surface area contributed by atoms with Crippen LogP contribution in [0.2, 0.25) is 0 Å².